The Morgan fingerprint density at radius 1 is 0.529 bits per heavy atom. The van der Waals surface area contributed by atoms with Gasteiger partial charge in [0.1, 0.15) is 6.61 Å². The minimum absolute atomic E-state index is 0.0228. The zero-order chi connectivity index (χ0) is 36.7. The monoisotopic (exact) mass is 707 g/mol. The van der Waals surface area contributed by atoms with Crippen LogP contribution < -0.4 is 0 Å². The second-order valence-electron chi connectivity index (χ2n) is 13.8. The first-order valence-electron chi connectivity index (χ1n) is 20.7. The maximum absolute atomic E-state index is 12.6. The molecule has 51 heavy (non-hydrogen) atoms. The molecule has 1 atom stereocenters. The number of hydrogen-bond donors (Lipinski definition) is 0. The second-order valence-corrected chi connectivity index (χ2v) is 13.8. The van der Waals surface area contributed by atoms with Gasteiger partial charge in [0.05, 0.1) is 13.2 Å². The molecule has 0 saturated carbocycles. The third-order valence-electron chi connectivity index (χ3n) is 8.84. The fourth-order valence-corrected chi connectivity index (χ4v) is 5.71. The van der Waals surface area contributed by atoms with E-state index in [2.05, 4.69) is 62.5 Å². The molecule has 0 aliphatic heterocycles. The average Bonchev–Trinajstić information content (AvgIpc) is 3.14. The van der Waals surface area contributed by atoms with Crippen LogP contribution in [-0.4, -0.2) is 31.3 Å². The molecule has 1 unspecified atom stereocenters. The van der Waals surface area contributed by atoms with Crippen molar-refractivity contribution >= 4 is 11.9 Å². The van der Waals surface area contributed by atoms with Crippen molar-refractivity contribution in [1.29, 1.82) is 0 Å². The molecule has 0 amide bonds. The Kier molecular flexibility index (Phi) is 33.3. The Bertz CT molecular complexity index is 1040. The van der Waals surface area contributed by atoms with Crippen LogP contribution in [0.2, 0.25) is 0 Å². The fourth-order valence-electron chi connectivity index (χ4n) is 5.71. The van der Waals surface area contributed by atoms with E-state index in [1.165, 1.54) is 96.3 Å². The van der Waals surface area contributed by atoms with Crippen LogP contribution in [0.15, 0.2) is 78.9 Å². The maximum atomic E-state index is 12.6. The van der Waals surface area contributed by atoms with Gasteiger partial charge in [0, 0.05) is 12.8 Å². The molecule has 0 radical (unpaired) electrons. The highest BCUT2D eigenvalue weighted by Crippen LogP contribution is 2.14. The van der Waals surface area contributed by atoms with Gasteiger partial charge in [-0.05, 0) is 56.9 Å². The van der Waals surface area contributed by atoms with Crippen LogP contribution in [0, 0.1) is 0 Å². The number of esters is 2. The number of allylic oxidation sites excluding steroid dienone is 8. The van der Waals surface area contributed by atoms with Crippen LogP contribution in [0.4, 0.5) is 0 Å². The van der Waals surface area contributed by atoms with Gasteiger partial charge in [0.15, 0.2) is 6.10 Å². The molecule has 0 fully saturated rings. The Morgan fingerprint density at radius 3 is 1.57 bits per heavy atom. The molecule has 0 heterocycles. The van der Waals surface area contributed by atoms with E-state index in [9.17, 15) is 9.59 Å². The standard InChI is InChI=1S/C46H74O5/c1-3-5-7-9-11-13-15-17-18-19-20-22-24-26-28-30-35-39-46(48)51-44(41-49-40-43-36-32-31-33-37-43)42-50-45(47)38-34-29-27-25-23-21-16-14-12-10-8-6-4-2/h11,13,17-18,20,22,26,28,31-33,36-37,44H,3-10,12,14-16,19,21,23-25,27,29-30,34-35,38-42H2,1-2H3/b13-11-,18-17-,22-20-,28-26-. The summed E-state index contributed by atoms with van der Waals surface area (Å²) in [4.78, 5) is 25.1. The number of rotatable bonds is 35. The lowest BCUT2D eigenvalue weighted by atomic mass is 10.0. The molecular formula is C46H74O5. The number of carbonyl (C=O) groups excluding carboxylic acids is 2. The highest BCUT2D eigenvalue weighted by Gasteiger charge is 2.17. The van der Waals surface area contributed by atoms with Crippen molar-refractivity contribution in [2.45, 2.75) is 181 Å². The van der Waals surface area contributed by atoms with Gasteiger partial charge < -0.3 is 14.2 Å². The molecule has 0 bridgehead atoms. The van der Waals surface area contributed by atoms with Gasteiger partial charge in [-0.1, -0.05) is 183 Å². The van der Waals surface area contributed by atoms with Crippen LogP contribution in [0.25, 0.3) is 0 Å². The van der Waals surface area contributed by atoms with Gasteiger partial charge in [-0.25, -0.2) is 0 Å². The summed E-state index contributed by atoms with van der Waals surface area (Å²) in [6.45, 7) is 5.12. The van der Waals surface area contributed by atoms with E-state index in [1.54, 1.807) is 0 Å². The number of ether oxygens (including phenoxy) is 3. The minimum Gasteiger partial charge on any atom is -0.462 e. The summed E-state index contributed by atoms with van der Waals surface area (Å²) in [6.07, 6.45) is 43.6. The predicted molar refractivity (Wildman–Crippen MR) is 216 cm³/mol. The Labute approximate surface area is 313 Å². The molecule has 1 rings (SSSR count). The highest BCUT2D eigenvalue weighted by molar-refractivity contribution is 5.70. The van der Waals surface area contributed by atoms with Crippen molar-refractivity contribution in [2.24, 2.45) is 0 Å². The minimum atomic E-state index is -0.617. The van der Waals surface area contributed by atoms with Crippen molar-refractivity contribution in [1.82, 2.24) is 0 Å². The third-order valence-corrected chi connectivity index (χ3v) is 8.84. The van der Waals surface area contributed by atoms with E-state index in [1.807, 2.05) is 30.3 Å². The molecule has 1 aromatic rings. The molecule has 0 aromatic heterocycles. The molecular weight excluding hydrogens is 633 g/mol. The molecule has 1 aromatic carbocycles. The molecule has 5 heteroatoms. The predicted octanol–water partition coefficient (Wildman–Crippen LogP) is 13.3. The zero-order valence-electron chi connectivity index (χ0n) is 32.7. The third kappa shape index (κ3) is 32.7. The van der Waals surface area contributed by atoms with Crippen molar-refractivity contribution in [3.63, 3.8) is 0 Å². The summed E-state index contributed by atoms with van der Waals surface area (Å²) in [6, 6.07) is 9.88. The van der Waals surface area contributed by atoms with E-state index >= 15 is 0 Å². The summed E-state index contributed by atoms with van der Waals surface area (Å²) in [7, 11) is 0. The molecule has 0 saturated heterocycles. The van der Waals surface area contributed by atoms with E-state index in [0.717, 1.165) is 44.1 Å². The van der Waals surface area contributed by atoms with E-state index in [0.29, 0.717) is 25.9 Å². The summed E-state index contributed by atoms with van der Waals surface area (Å²) >= 11 is 0. The Balaban J connectivity index is 2.23. The summed E-state index contributed by atoms with van der Waals surface area (Å²) in [5.74, 6) is -0.519. The lowest BCUT2D eigenvalue weighted by Gasteiger charge is -2.18. The normalized spacial score (nSPS) is 12.5. The lowest BCUT2D eigenvalue weighted by Crippen LogP contribution is -2.29. The van der Waals surface area contributed by atoms with Crippen molar-refractivity contribution < 1.29 is 23.8 Å². The molecule has 0 aliphatic rings. The zero-order valence-corrected chi connectivity index (χ0v) is 32.7. The SMILES string of the molecule is CCCCC/C=C\C/C=C\C/C=C\C/C=C\CCCC(=O)OC(COCc1ccccc1)COC(=O)CCCCCCCCCCCCCCC. The number of unbranched alkanes of at least 4 members (excludes halogenated alkanes) is 16. The first-order valence-corrected chi connectivity index (χ1v) is 20.7. The maximum Gasteiger partial charge on any atom is 0.306 e. The van der Waals surface area contributed by atoms with Gasteiger partial charge in [0.2, 0.25) is 0 Å². The highest BCUT2D eigenvalue weighted by atomic mass is 16.6. The summed E-state index contributed by atoms with van der Waals surface area (Å²) in [5, 5.41) is 0. The van der Waals surface area contributed by atoms with E-state index in [-0.39, 0.29) is 25.2 Å². The summed E-state index contributed by atoms with van der Waals surface area (Å²) in [5.41, 5.74) is 1.04. The van der Waals surface area contributed by atoms with Crippen LogP contribution in [0.3, 0.4) is 0 Å². The van der Waals surface area contributed by atoms with Crippen molar-refractivity contribution in [2.75, 3.05) is 13.2 Å². The topological polar surface area (TPSA) is 61.8 Å². The molecule has 0 spiro atoms. The van der Waals surface area contributed by atoms with Crippen molar-refractivity contribution in [3.05, 3.63) is 84.5 Å². The van der Waals surface area contributed by atoms with Crippen LogP contribution in [-0.2, 0) is 30.4 Å². The quantitative estimate of drug-likeness (QED) is 0.0399. The van der Waals surface area contributed by atoms with Gasteiger partial charge in [-0.15, -0.1) is 0 Å². The first-order chi connectivity index (χ1) is 25.2. The first kappa shape index (κ1) is 46.1. The van der Waals surface area contributed by atoms with E-state index in [4.69, 9.17) is 14.2 Å². The van der Waals surface area contributed by atoms with Crippen LogP contribution >= 0.6 is 0 Å². The van der Waals surface area contributed by atoms with Gasteiger partial charge in [-0.3, -0.25) is 9.59 Å². The number of hydrogen-bond acceptors (Lipinski definition) is 5. The lowest BCUT2D eigenvalue weighted by molar-refractivity contribution is -0.163. The Hall–Kier alpha value is -2.92. The average molecular weight is 707 g/mol. The molecule has 5 nitrogen and oxygen atoms in total. The smallest absolute Gasteiger partial charge is 0.306 e. The fraction of sp³-hybridized carbons (Fsp3) is 0.652. The van der Waals surface area contributed by atoms with Crippen LogP contribution in [0.1, 0.15) is 174 Å². The molecule has 0 N–H and O–H groups in total. The number of benzene rings is 1. The van der Waals surface area contributed by atoms with Gasteiger partial charge in [0.25, 0.3) is 0 Å². The number of carbonyl (C=O) groups is 2. The summed E-state index contributed by atoms with van der Waals surface area (Å²) < 4.78 is 17.1. The largest absolute Gasteiger partial charge is 0.462 e. The molecule has 0 aliphatic carbocycles. The van der Waals surface area contributed by atoms with Crippen molar-refractivity contribution in [3.8, 4) is 0 Å². The van der Waals surface area contributed by atoms with E-state index < -0.39 is 6.10 Å². The van der Waals surface area contributed by atoms with Gasteiger partial charge >= 0.3 is 11.9 Å². The second kappa shape index (κ2) is 36.9. The van der Waals surface area contributed by atoms with Gasteiger partial charge in [-0.2, -0.15) is 0 Å². The molecule has 288 valence electrons. The van der Waals surface area contributed by atoms with Crippen LogP contribution in [0.5, 0.6) is 0 Å². The Morgan fingerprint density at radius 2 is 1.00 bits per heavy atom.